The first-order chi connectivity index (χ1) is 7.05. The fourth-order valence-electron chi connectivity index (χ4n) is 1.21. The van der Waals surface area contributed by atoms with Crippen molar-refractivity contribution in [1.29, 1.82) is 0 Å². The van der Waals surface area contributed by atoms with Crippen LogP contribution in [0.1, 0.15) is 6.42 Å². The van der Waals surface area contributed by atoms with Gasteiger partial charge in [0.15, 0.2) is 6.10 Å². The Morgan fingerprint density at radius 2 is 1.67 bits per heavy atom. The molecule has 0 aromatic rings. The number of ether oxygens (including phenoxy) is 1. The van der Waals surface area contributed by atoms with Crippen molar-refractivity contribution in [2.45, 2.75) is 18.6 Å². The van der Waals surface area contributed by atoms with Gasteiger partial charge >= 0.3 is 14.8 Å². The normalized spacial score (nSPS) is 13.9. The van der Waals surface area contributed by atoms with E-state index >= 15 is 0 Å². The van der Waals surface area contributed by atoms with Crippen LogP contribution in [0.4, 0.5) is 0 Å². The lowest BCUT2D eigenvalue weighted by molar-refractivity contribution is -0.148. The Morgan fingerprint density at radius 3 is 1.93 bits per heavy atom. The van der Waals surface area contributed by atoms with Crippen LogP contribution in [0.25, 0.3) is 0 Å². The fraction of sp³-hybridized carbons (Fsp3) is 0.875. The summed E-state index contributed by atoms with van der Waals surface area (Å²) in [6.07, 6.45) is -0.551. The number of carbonyl (C=O) groups is 1. The number of hydrogen-bond acceptors (Lipinski definition) is 5. The van der Waals surface area contributed by atoms with Gasteiger partial charge in [-0.2, -0.15) is 0 Å². The van der Waals surface area contributed by atoms with E-state index in [0.29, 0.717) is 12.5 Å². The molecule has 1 atom stereocenters. The summed E-state index contributed by atoms with van der Waals surface area (Å²) in [7, 11) is 3.13. The van der Waals surface area contributed by atoms with Crippen molar-refractivity contribution < 1.29 is 27.9 Å². The highest BCUT2D eigenvalue weighted by Crippen LogP contribution is 2.17. The van der Waals surface area contributed by atoms with E-state index in [1.54, 1.807) is 0 Å². The van der Waals surface area contributed by atoms with Gasteiger partial charge < -0.3 is 23.1 Å². The van der Waals surface area contributed by atoms with E-state index in [1.165, 1.54) is 28.4 Å². The molecule has 0 radical (unpaired) electrons. The third kappa shape index (κ3) is 4.27. The second-order valence-electron chi connectivity index (χ2n) is 2.90. The molecule has 0 saturated heterocycles. The lowest BCUT2D eigenvalue weighted by Gasteiger charge is -2.25. The van der Waals surface area contributed by atoms with Gasteiger partial charge in [-0.1, -0.05) is 0 Å². The third-order valence-corrected chi connectivity index (χ3v) is 4.97. The van der Waals surface area contributed by atoms with Gasteiger partial charge in [0.1, 0.15) is 0 Å². The first-order valence-corrected chi connectivity index (χ1v) is 6.39. The molecule has 0 aliphatic carbocycles. The maximum Gasteiger partial charge on any atom is 0.500 e. The van der Waals surface area contributed by atoms with Gasteiger partial charge in [-0.25, -0.2) is 4.79 Å². The quantitative estimate of drug-likeness (QED) is 0.615. The molecule has 0 aliphatic rings. The molecule has 0 fully saturated rings. The van der Waals surface area contributed by atoms with Crippen LogP contribution in [0.2, 0.25) is 6.04 Å². The van der Waals surface area contributed by atoms with Crippen LogP contribution in [0.3, 0.4) is 0 Å². The molecule has 0 saturated carbocycles. The second kappa shape index (κ2) is 6.91. The third-order valence-electron chi connectivity index (χ3n) is 2.21. The molecule has 1 N–H and O–H groups in total. The van der Waals surface area contributed by atoms with Crippen LogP contribution in [0.5, 0.6) is 0 Å². The van der Waals surface area contributed by atoms with Crippen LogP contribution in [-0.4, -0.2) is 54.4 Å². The zero-order valence-corrected chi connectivity index (χ0v) is 10.5. The Balaban J connectivity index is 4.25. The zero-order valence-electron chi connectivity index (χ0n) is 9.48. The standard InChI is InChI=1S/C8H18O6Si/c1-11-7(8(9)10)5-6-15(12-2,13-3)14-4/h7H,5-6H2,1-4H3,(H,9,10). The SMILES string of the molecule is COC(CC[Si](OC)(OC)OC)C(=O)O. The number of hydrogen-bond donors (Lipinski definition) is 1. The molecular weight excluding hydrogens is 220 g/mol. The van der Waals surface area contributed by atoms with Gasteiger partial charge in [0.2, 0.25) is 0 Å². The Hall–Kier alpha value is -0.473. The minimum absolute atomic E-state index is 0.299. The number of aliphatic carboxylic acids is 1. The Kier molecular flexibility index (Phi) is 6.69. The number of methoxy groups -OCH3 is 1. The molecule has 0 aromatic carbocycles. The van der Waals surface area contributed by atoms with E-state index in [1.807, 2.05) is 0 Å². The predicted octanol–water partition coefficient (Wildman–Crippen LogP) is 0.354. The topological polar surface area (TPSA) is 74.2 Å². The van der Waals surface area contributed by atoms with Crippen molar-refractivity contribution in [3.63, 3.8) is 0 Å². The summed E-state index contributed by atoms with van der Waals surface area (Å²) < 4.78 is 20.3. The van der Waals surface area contributed by atoms with Crippen LogP contribution in [0, 0.1) is 0 Å². The highest BCUT2D eigenvalue weighted by Gasteiger charge is 2.38. The lowest BCUT2D eigenvalue weighted by Crippen LogP contribution is -2.43. The molecule has 1 unspecified atom stereocenters. The molecule has 0 amide bonds. The van der Waals surface area contributed by atoms with E-state index in [0.717, 1.165) is 0 Å². The molecule has 0 spiro atoms. The van der Waals surface area contributed by atoms with Gasteiger partial charge in [-0.3, -0.25) is 0 Å². The van der Waals surface area contributed by atoms with Crippen LogP contribution in [-0.2, 0) is 22.8 Å². The summed E-state index contributed by atoms with van der Waals surface area (Å²) in [6, 6.07) is 0.404. The molecule has 0 aliphatic heterocycles. The molecule has 15 heavy (non-hydrogen) atoms. The summed E-state index contributed by atoms with van der Waals surface area (Å²) >= 11 is 0. The Bertz CT molecular complexity index is 185. The van der Waals surface area contributed by atoms with Crippen molar-refractivity contribution in [3.8, 4) is 0 Å². The predicted molar refractivity (Wildman–Crippen MR) is 54.6 cm³/mol. The van der Waals surface area contributed by atoms with E-state index < -0.39 is 20.9 Å². The number of carboxylic acids is 1. The van der Waals surface area contributed by atoms with Crippen LogP contribution in [0.15, 0.2) is 0 Å². The molecule has 0 bridgehead atoms. The highest BCUT2D eigenvalue weighted by molar-refractivity contribution is 6.60. The smallest absolute Gasteiger partial charge is 0.479 e. The van der Waals surface area contributed by atoms with Crippen molar-refractivity contribution in [2.75, 3.05) is 28.4 Å². The van der Waals surface area contributed by atoms with Crippen molar-refractivity contribution >= 4 is 14.8 Å². The minimum Gasteiger partial charge on any atom is -0.479 e. The van der Waals surface area contributed by atoms with Gasteiger partial charge in [0.05, 0.1) is 0 Å². The second-order valence-corrected chi connectivity index (χ2v) is 5.99. The Morgan fingerprint density at radius 1 is 1.20 bits per heavy atom. The summed E-state index contributed by atoms with van der Waals surface area (Å²) in [5.41, 5.74) is 0. The average Bonchev–Trinajstić information content (AvgIpc) is 2.25. The summed E-state index contributed by atoms with van der Waals surface area (Å²) in [5.74, 6) is -0.997. The Labute approximate surface area is 90.5 Å². The van der Waals surface area contributed by atoms with Gasteiger partial charge in [-0.05, 0) is 6.42 Å². The van der Waals surface area contributed by atoms with Crippen molar-refractivity contribution in [2.24, 2.45) is 0 Å². The van der Waals surface area contributed by atoms with Gasteiger partial charge in [0, 0.05) is 34.5 Å². The lowest BCUT2D eigenvalue weighted by atomic mass is 10.3. The van der Waals surface area contributed by atoms with Crippen molar-refractivity contribution in [1.82, 2.24) is 0 Å². The average molecular weight is 238 g/mol. The van der Waals surface area contributed by atoms with Gasteiger partial charge in [-0.15, -0.1) is 0 Å². The summed E-state index contributed by atoms with van der Waals surface area (Å²) in [5, 5.41) is 8.76. The molecule has 90 valence electrons. The monoisotopic (exact) mass is 238 g/mol. The number of carboxylic acid groups (broad SMARTS) is 1. The molecule has 7 heteroatoms. The van der Waals surface area contributed by atoms with E-state index in [2.05, 4.69) is 0 Å². The maximum atomic E-state index is 10.7. The van der Waals surface area contributed by atoms with E-state index in [-0.39, 0.29) is 0 Å². The van der Waals surface area contributed by atoms with E-state index in [9.17, 15) is 4.79 Å². The molecular formula is C8H18O6Si. The summed E-state index contributed by atoms with van der Waals surface area (Å²) in [6.45, 7) is 0. The summed E-state index contributed by atoms with van der Waals surface area (Å²) in [4.78, 5) is 10.7. The first kappa shape index (κ1) is 14.5. The molecule has 0 aromatic heterocycles. The van der Waals surface area contributed by atoms with Crippen molar-refractivity contribution in [3.05, 3.63) is 0 Å². The van der Waals surface area contributed by atoms with Crippen LogP contribution < -0.4 is 0 Å². The minimum atomic E-state index is -2.69. The largest absolute Gasteiger partial charge is 0.500 e. The molecule has 0 heterocycles. The van der Waals surface area contributed by atoms with E-state index in [4.69, 9.17) is 23.1 Å². The fourth-order valence-corrected chi connectivity index (χ4v) is 2.93. The highest BCUT2D eigenvalue weighted by atomic mass is 28.4. The zero-order chi connectivity index (χ0) is 11.9. The molecule has 0 rings (SSSR count). The van der Waals surface area contributed by atoms with Gasteiger partial charge in [0.25, 0.3) is 0 Å². The maximum absolute atomic E-state index is 10.7. The first-order valence-electron chi connectivity index (χ1n) is 4.46. The molecule has 6 nitrogen and oxygen atoms in total. The van der Waals surface area contributed by atoms with Crippen LogP contribution >= 0.6 is 0 Å². The number of rotatable bonds is 8.